The lowest BCUT2D eigenvalue weighted by Gasteiger charge is -2.28. The first-order valence-electron chi connectivity index (χ1n) is 10.7. The Hall–Kier alpha value is -3.23. The molecule has 0 saturated carbocycles. The lowest BCUT2D eigenvalue weighted by Crippen LogP contribution is -2.45. The number of halogens is 1. The Morgan fingerprint density at radius 3 is 2.47 bits per heavy atom. The molecule has 0 saturated heterocycles. The summed E-state index contributed by atoms with van der Waals surface area (Å²) in [6.07, 6.45) is -0.390. The number of fused-ring (bicyclic) bond motifs is 1. The molecule has 0 radical (unpaired) electrons. The van der Waals surface area contributed by atoms with Crippen molar-refractivity contribution in [3.63, 3.8) is 0 Å². The van der Waals surface area contributed by atoms with Gasteiger partial charge in [-0.2, -0.15) is 0 Å². The molecule has 9 heteroatoms. The van der Waals surface area contributed by atoms with Crippen LogP contribution in [0.5, 0.6) is 11.5 Å². The number of benzene rings is 3. The van der Waals surface area contributed by atoms with Gasteiger partial charge in [0.25, 0.3) is 10.0 Å². The van der Waals surface area contributed by atoms with Gasteiger partial charge in [-0.05, 0) is 61.9 Å². The fourth-order valence-electron chi connectivity index (χ4n) is 3.61. The maximum atomic E-state index is 13.5. The number of carbonyl (C=O) groups is 1. The van der Waals surface area contributed by atoms with Gasteiger partial charge in [0, 0.05) is 5.02 Å². The summed E-state index contributed by atoms with van der Waals surface area (Å²) in [4.78, 5) is 13.0. The average molecular weight is 501 g/mol. The number of ether oxygens (including phenoxy) is 2. The minimum absolute atomic E-state index is 0.0980. The number of para-hydroxylation sites is 2. The largest absolute Gasteiger partial charge is 0.486 e. The number of hydrogen-bond acceptors (Lipinski definition) is 5. The quantitative estimate of drug-likeness (QED) is 0.527. The molecule has 1 amide bonds. The fraction of sp³-hybridized carbons (Fsp3) is 0.240. The number of rotatable bonds is 7. The Morgan fingerprint density at radius 2 is 1.76 bits per heavy atom. The van der Waals surface area contributed by atoms with Gasteiger partial charge in [0.15, 0.2) is 11.5 Å². The Balaban J connectivity index is 1.52. The summed E-state index contributed by atoms with van der Waals surface area (Å²) < 4.78 is 39.7. The monoisotopic (exact) mass is 500 g/mol. The Morgan fingerprint density at radius 1 is 1.06 bits per heavy atom. The first-order chi connectivity index (χ1) is 16.2. The Labute approximate surface area is 204 Å². The molecule has 0 unspecified atom stereocenters. The van der Waals surface area contributed by atoms with Crippen LogP contribution >= 0.6 is 11.6 Å². The van der Waals surface area contributed by atoms with Gasteiger partial charge in [0.1, 0.15) is 19.3 Å². The minimum Gasteiger partial charge on any atom is -0.486 e. The van der Waals surface area contributed by atoms with E-state index in [-0.39, 0.29) is 18.0 Å². The van der Waals surface area contributed by atoms with Crippen LogP contribution in [0.3, 0.4) is 0 Å². The zero-order valence-corrected chi connectivity index (χ0v) is 20.4. The fourth-order valence-corrected chi connectivity index (χ4v) is 5.33. The number of amides is 1. The van der Waals surface area contributed by atoms with Crippen LogP contribution in [0, 0.1) is 13.8 Å². The molecular formula is C25H25ClN2O5S. The predicted molar refractivity (Wildman–Crippen MR) is 131 cm³/mol. The number of nitrogens with one attached hydrogen (secondary N) is 1. The van der Waals surface area contributed by atoms with Crippen LogP contribution in [0.15, 0.2) is 71.6 Å². The van der Waals surface area contributed by atoms with Crippen LogP contribution in [0.1, 0.15) is 11.1 Å². The summed E-state index contributed by atoms with van der Waals surface area (Å²) in [5.41, 5.74) is 1.95. The van der Waals surface area contributed by atoms with Crippen molar-refractivity contribution >= 4 is 33.2 Å². The van der Waals surface area contributed by atoms with E-state index < -0.39 is 28.6 Å². The summed E-state index contributed by atoms with van der Waals surface area (Å²) in [6.45, 7) is 3.68. The van der Waals surface area contributed by atoms with Gasteiger partial charge in [0.2, 0.25) is 5.91 Å². The van der Waals surface area contributed by atoms with Gasteiger partial charge in [-0.3, -0.25) is 9.10 Å². The van der Waals surface area contributed by atoms with Crippen molar-refractivity contribution in [3.8, 4) is 11.5 Å². The lowest BCUT2D eigenvalue weighted by molar-refractivity contribution is -0.120. The highest BCUT2D eigenvalue weighted by Crippen LogP contribution is 2.31. The molecule has 0 spiro atoms. The molecule has 1 heterocycles. The van der Waals surface area contributed by atoms with Crippen LogP contribution < -0.4 is 19.1 Å². The average Bonchev–Trinajstić information content (AvgIpc) is 2.82. The van der Waals surface area contributed by atoms with Crippen molar-refractivity contribution in [1.82, 2.24) is 5.32 Å². The second kappa shape index (κ2) is 9.95. The van der Waals surface area contributed by atoms with Crippen molar-refractivity contribution in [2.45, 2.75) is 24.8 Å². The van der Waals surface area contributed by atoms with Gasteiger partial charge in [-0.1, -0.05) is 41.4 Å². The summed E-state index contributed by atoms with van der Waals surface area (Å²) in [5.74, 6) is 0.791. The van der Waals surface area contributed by atoms with Gasteiger partial charge in [-0.15, -0.1) is 0 Å². The van der Waals surface area contributed by atoms with Crippen molar-refractivity contribution in [2.75, 3.05) is 24.0 Å². The van der Waals surface area contributed by atoms with Crippen molar-refractivity contribution in [1.29, 1.82) is 0 Å². The predicted octanol–water partition coefficient (Wildman–Crippen LogP) is 4.11. The first kappa shape index (κ1) is 23.9. The van der Waals surface area contributed by atoms with Crippen LogP contribution in [-0.4, -0.2) is 40.1 Å². The number of anilines is 1. The Bertz CT molecular complexity index is 1290. The molecule has 0 aliphatic carbocycles. The van der Waals surface area contributed by atoms with E-state index in [1.54, 1.807) is 43.3 Å². The first-order valence-corrected chi connectivity index (χ1v) is 12.6. The Kier molecular flexibility index (Phi) is 7.00. The lowest BCUT2D eigenvalue weighted by atomic mass is 10.2. The molecule has 3 aromatic carbocycles. The number of nitrogens with zero attached hydrogens (tertiary/aromatic N) is 1. The molecule has 1 N–H and O–H groups in total. The molecule has 0 aromatic heterocycles. The standard InChI is InChI=1S/C25H25ClN2O5S/c1-17-7-10-21(11-8-17)34(30,31)28(22-12-9-19(26)13-18(22)2)15-25(29)27-14-20-16-32-23-5-3-4-6-24(23)33-20/h3-13,20H,14-16H2,1-2H3,(H,27,29)/t20-/m1/s1. The minimum atomic E-state index is -4.01. The number of aryl methyl sites for hydroxylation is 2. The van der Waals surface area contributed by atoms with E-state index in [2.05, 4.69) is 5.32 Å². The highest BCUT2D eigenvalue weighted by molar-refractivity contribution is 7.92. The van der Waals surface area contributed by atoms with Crippen molar-refractivity contribution in [3.05, 3.63) is 82.9 Å². The molecule has 0 fully saturated rings. The van der Waals surface area contributed by atoms with Gasteiger partial charge in [0.05, 0.1) is 17.1 Å². The number of carbonyl (C=O) groups excluding carboxylic acids is 1. The molecule has 1 aliphatic rings. The second-order valence-electron chi connectivity index (χ2n) is 8.06. The maximum absolute atomic E-state index is 13.5. The van der Waals surface area contributed by atoms with Crippen molar-refractivity contribution < 1.29 is 22.7 Å². The van der Waals surface area contributed by atoms with Crippen molar-refractivity contribution in [2.24, 2.45) is 0 Å². The second-order valence-corrected chi connectivity index (χ2v) is 10.4. The molecule has 34 heavy (non-hydrogen) atoms. The molecule has 178 valence electrons. The van der Waals surface area contributed by atoms with E-state index in [1.807, 2.05) is 25.1 Å². The van der Waals surface area contributed by atoms with Crippen LogP contribution in [0.2, 0.25) is 5.02 Å². The highest BCUT2D eigenvalue weighted by atomic mass is 35.5. The summed E-state index contributed by atoms with van der Waals surface area (Å²) in [7, 11) is -4.01. The molecule has 4 rings (SSSR count). The van der Waals surface area contributed by atoms with Crippen LogP contribution in [0.4, 0.5) is 5.69 Å². The van der Waals surface area contributed by atoms with Gasteiger partial charge in [-0.25, -0.2) is 8.42 Å². The molecular weight excluding hydrogens is 476 g/mol. The van der Waals surface area contributed by atoms with E-state index in [9.17, 15) is 13.2 Å². The van der Waals surface area contributed by atoms with Crippen LogP contribution in [0.25, 0.3) is 0 Å². The topological polar surface area (TPSA) is 84.9 Å². The smallest absolute Gasteiger partial charge is 0.264 e. The van der Waals surface area contributed by atoms with Gasteiger partial charge >= 0.3 is 0 Å². The number of sulfonamides is 1. The zero-order chi connectivity index (χ0) is 24.3. The third-order valence-electron chi connectivity index (χ3n) is 5.42. The van der Waals surface area contributed by atoms with E-state index in [4.69, 9.17) is 21.1 Å². The van der Waals surface area contributed by atoms with E-state index >= 15 is 0 Å². The molecule has 1 atom stereocenters. The third kappa shape index (κ3) is 5.29. The molecule has 3 aromatic rings. The summed E-state index contributed by atoms with van der Waals surface area (Å²) >= 11 is 6.07. The molecule has 1 aliphatic heterocycles. The van der Waals surface area contributed by atoms with Gasteiger partial charge < -0.3 is 14.8 Å². The van der Waals surface area contributed by atoms with E-state index in [0.717, 1.165) is 9.87 Å². The van der Waals surface area contributed by atoms with E-state index in [1.165, 1.54) is 12.1 Å². The summed E-state index contributed by atoms with van der Waals surface area (Å²) in [6, 6.07) is 18.7. The normalized spacial score (nSPS) is 15.0. The van der Waals surface area contributed by atoms with Crippen LogP contribution in [-0.2, 0) is 14.8 Å². The molecule has 0 bridgehead atoms. The van der Waals surface area contributed by atoms with E-state index in [0.29, 0.717) is 27.8 Å². The molecule has 7 nitrogen and oxygen atoms in total. The summed E-state index contributed by atoms with van der Waals surface area (Å²) in [5, 5.41) is 3.25. The SMILES string of the molecule is Cc1ccc(S(=O)(=O)N(CC(=O)NC[C@@H]2COc3ccccc3O2)c2ccc(Cl)cc2C)cc1. The highest BCUT2D eigenvalue weighted by Gasteiger charge is 2.29. The number of hydrogen-bond donors (Lipinski definition) is 1. The third-order valence-corrected chi connectivity index (χ3v) is 7.43. The maximum Gasteiger partial charge on any atom is 0.264 e. The zero-order valence-electron chi connectivity index (χ0n) is 18.8.